The number of nitrogens with zero attached hydrogens (tertiary/aromatic N) is 1. The molecule has 1 saturated heterocycles. The predicted octanol–water partition coefficient (Wildman–Crippen LogP) is 3.38. The van der Waals surface area contributed by atoms with Crippen LogP contribution in [0.3, 0.4) is 0 Å². The van der Waals surface area contributed by atoms with Crippen LogP contribution in [0.5, 0.6) is 0 Å². The van der Waals surface area contributed by atoms with Crippen molar-refractivity contribution in [3.05, 3.63) is 35.9 Å². The van der Waals surface area contributed by atoms with Crippen LogP contribution in [0.4, 0.5) is 9.59 Å². The fourth-order valence-electron chi connectivity index (χ4n) is 2.36. The van der Waals surface area contributed by atoms with Crippen molar-refractivity contribution in [3.63, 3.8) is 0 Å². The summed E-state index contributed by atoms with van der Waals surface area (Å²) in [5.41, 5.74) is 0.960. The third-order valence-corrected chi connectivity index (χ3v) is 3.80. The number of halogens is 1. The van der Waals surface area contributed by atoms with Crippen LogP contribution < -0.4 is 0 Å². The van der Waals surface area contributed by atoms with E-state index in [1.54, 1.807) is 4.90 Å². The van der Waals surface area contributed by atoms with Crippen molar-refractivity contribution in [1.82, 2.24) is 4.90 Å². The molecule has 0 N–H and O–H groups in total. The van der Waals surface area contributed by atoms with Crippen LogP contribution in [0, 0.1) is 5.92 Å². The first-order valence-electron chi connectivity index (χ1n) is 7.50. The molecule has 0 aromatic heterocycles. The Morgan fingerprint density at radius 1 is 1.09 bits per heavy atom. The summed E-state index contributed by atoms with van der Waals surface area (Å²) >= 11 is 5.26. The third-order valence-electron chi connectivity index (χ3n) is 3.69. The van der Waals surface area contributed by atoms with Gasteiger partial charge in [0.2, 0.25) is 0 Å². The highest BCUT2D eigenvalue weighted by Gasteiger charge is 2.24. The highest BCUT2D eigenvalue weighted by atomic mass is 35.5. The summed E-state index contributed by atoms with van der Waals surface area (Å²) < 4.78 is 14.7. The van der Waals surface area contributed by atoms with Crippen LogP contribution in [-0.4, -0.2) is 42.9 Å². The molecule has 1 fully saturated rings. The van der Waals surface area contributed by atoms with Gasteiger partial charge < -0.3 is 19.1 Å². The number of amides is 1. The Hall–Kier alpha value is -1.95. The molecule has 0 aliphatic carbocycles. The van der Waals surface area contributed by atoms with Gasteiger partial charge in [0.05, 0.1) is 6.61 Å². The van der Waals surface area contributed by atoms with Crippen molar-refractivity contribution in [2.45, 2.75) is 19.4 Å². The Morgan fingerprint density at radius 3 is 2.43 bits per heavy atom. The first kappa shape index (κ1) is 17.4. The molecular weight excluding hydrogens is 322 g/mol. The molecule has 1 aromatic rings. The van der Waals surface area contributed by atoms with Gasteiger partial charge in [-0.15, -0.1) is 0 Å². The third kappa shape index (κ3) is 5.98. The minimum Gasteiger partial charge on any atom is -0.445 e. The topological polar surface area (TPSA) is 65.1 Å². The Labute approximate surface area is 140 Å². The normalized spacial score (nSPS) is 15.1. The molecule has 0 saturated carbocycles. The van der Waals surface area contributed by atoms with Gasteiger partial charge in [-0.3, -0.25) is 0 Å². The van der Waals surface area contributed by atoms with Gasteiger partial charge in [-0.2, -0.15) is 0 Å². The monoisotopic (exact) mass is 341 g/mol. The molecule has 2 rings (SSSR count). The van der Waals surface area contributed by atoms with Crippen LogP contribution in [0.25, 0.3) is 0 Å². The van der Waals surface area contributed by atoms with Gasteiger partial charge >= 0.3 is 12.2 Å². The SMILES string of the molecule is O=C(OCCl)OCC1CCN(C(=O)OCc2ccccc2)CC1. The van der Waals surface area contributed by atoms with E-state index >= 15 is 0 Å². The van der Waals surface area contributed by atoms with Gasteiger partial charge in [-0.25, -0.2) is 9.59 Å². The lowest BCUT2D eigenvalue weighted by Crippen LogP contribution is -2.39. The van der Waals surface area contributed by atoms with E-state index in [0.717, 1.165) is 18.4 Å². The molecule has 0 unspecified atom stereocenters. The molecule has 23 heavy (non-hydrogen) atoms. The first-order chi connectivity index (χ1) is 11.2. The van der Waals surface area contributed by atoms with Crippen LogP contribution >= 0.6 is 11.6 Å². The molecule has 1 amide bonds. The number of alkyl halides is 1. The maximum Gasteiger partial charge on any atom is 0.509 e. The second kappa shape index (κ2) is 9.25. The van der Waals surface area contributed by atoms with E-state index in [4.69, 9.17) is 21.1 Å². The number of carbonyl (C=O) groups excluding carboxylic acids is 2. The summed E-state index contributed by atoms with van der Waals surface area (Å²) in [6.07, 6.45) is 0.447. The van der Waals surface area contributed by atoms with Crippen molar-refractivity contribution >= 4 is 23.8 Å². The largest absolute Gasteiger partial charge is 0.509 e. The summed E-state index contributed by atoms with van der Waals surface area (Å²) in [5.74, 6) is 0.219. The zero-order chi connectivity index (χ0) is 16.5. The molecule has 1 aliphatic rings. The number of likely N-dealkylation sites (tertiary alicyclic amines) is 1. The summed E-state index contributed by atoms with van der Waals surface area (Å²) in [6, 6.07) is 9.34. The highest BCUT2D eigenvalue weighted by molar-refractivity contribution is 6.17. The summed E-state index contributed by atoms with van der Waals surface area (Å²) in [7, 11) is 0. The average Bonchev–Trinajstić information content (AvgIpc) is 2.59. The molecule has 1 aromatic carbocycles. The van der Waals surface area contributed by atoms with E-state index in [9.17, 15) is 9.59 Å². The molecule has 0 radical (unpaired) electrons. The number of hydrogen-bond donors (Lipinski definition) is 0. The predicted molar refractivity (Wildman–Crippen MR) is 84.1 cm³/mol. The Kier molecular flexibility index (Phi) is 7.00. The molecule has 7 heteroatoms. The molecule has 0 atom stereocenters. The maximum absolute atomic E-state index is 12.0. The summed E-state index contributed by atoms with van der Waals surface area (Å²) in [6.45, 7) is 1.73. The van der Waals surface area contributed by atoms with E-state index in [-0.39, 0.29) is 31.3 Å². The molecule has 1 heterocycles. The van der Waals surface area contributed by atoms with Gasteiger partial charge in [-0.05, 0) is 24.3 Å². The van der Waals surface area contributed by atoms with Crippen LogP contribution in [-0.2, 0) is 20.8 Å². The lowest BCUT2D eigenvalue weighted by atomic mass is 9.98. The van der Waals surface area contributed by atoms with E-state index in [2.05, 4.69) is 4.74 Å². The fraction of sp³-hybridized carbons (Fsp3) is 0.500. The number of rotatable bonds is 5. The average molecular weight is 342 g/mol. The second-order valence-electron chi connectivity index (χ2n) is 5.29. The minimum atomic E-state index is -0.760. The van der Waals surface area contributed by atoms with Crippen molar-refractivity contribution < 1.29 is 23.8 Å². The van der Waals surface area contributed by atoms with Gasteiger partial charge in [0.25, 0.3) is 0 Å². The van der Waals surface area contributed by atoms with Gasteiger partial charge in [0, 0.05) is 13.1 Å². The number of piperidine rings is 1. The van der Waals surface area contributed by atoms with Crippen molar-refractivity contribution in [1.29, 1.82) is 0 Å². The van der Waals surface area contributed by atoms with Crippen LogP contribution in [0.2, 0.25) is 0 Å². The first-order valence-corrected chi connectivity index (χ1v) is 8.03. The number of ether oxygens (including phenoxy) is 3. The van der Waals surface area contributed by atoms with Gasteiger partial charge in [0.1, 0.15) is 6.61 Å². The summed E-state index contributed by atoms with van der Waals surface area (Å²) in [5, 5.41) is 0. The summed E-state index contributed by atoms with van der Waals surface area (Å²) in [4.78, 5) is 24.8. The van der Waals surface area contributed by atoms with Crippen LogP contribution in [0.15, 0.2) is 30.3 Å². The zero-order valence-electron chi connectivity index (χ0n) is 12.8. The van der Waals surface area contributed by atoms with Gasteiger partial charge in [-0.1, -0.05) is 41.9 Å². The lowest BCUT2D eigenvalue weighted by molar-refractivity contribution is 0.0390. The number of benzene rings is 1. The molecule has 1 aliphatic heterocycles. The smallest absolute Gasteiger partial charge is 0.445 e. The van der Waals surface area contributed by atoms with Crippen molar-refractivity contribution in [2.75, 3.05) is 25.8 Å². The zero-order valence-corrected chi connectivity index (χ0v) is 13.5. The second-order valence-corrected chi connectivity index (χ2v) is 5.50. The maximum atomic E-state index is 12.0. The van der Waals surface area contributed by atoms with E-state index in [1.807, 2.05) is 30.3 Å². The Balaban J connectivity index is 1.65. The number of hydrogen-bond acceptors (Lipinski definition) is 5. The van der Waals surface area contributed by atoms with Crippen molar-refractivity contribution in [2.24, 2.45) is 5.92 Å². The van der Waals surface area contributed by atoms with Gasteiger partial charge in [0.15, 0.2) is 6.07 Å². The highest BCUT2D eigenvalue weighted by Crippen LogP contribution is 2.18. The number of carbonyl (C=O) groups is 2. The molecule has 126 valence electrons. The fourth-order valence-corrected chi connectivity index (χ4v) is 2.45. The Bertz CT molecular complexity index is 502. The van der Waals surface area contributed by atoms with E-state index in [1.165, 1.54) is 0 Å². The molecule has 0 spiro atoms. The quantitative estimate of drug-likeness (QED) is 0.606. The van der Waals surface area contributed by atoms with E-state index in [0.29, 0.717) is 13.1 Å². The lowest BCUT2D eigenvalue weighted by Gasteiger charge is -2.30. The van der Waals surface area contributed by atoms with E-state index < -0.39 is 6.16 Å². The molecule has 6 nitrogen and oxygen atoms in total. The Morgan fingerprint density at radius 2 is 1.78 bits per heavy atom. The minimum absolute atomic E-state index is 0.218. The van der Waals surface area contributed by atoms with Crippen LogP contribution in [0.1, 0.15) is 18.4 Å². The standard InChI is InChI=1S/C16H20ClNO5/c17-12-23-16(20)22-11-14-6-8-18(9-7-14)15(19)21-10-13-4-2-1-3-5-13/h1-5,14H,6-12H2. The van der Waals surface area contributed by atoms with Crippen molar-refractivity contribution in [3.8, 4) is 0 Å². The molecule has 0 bridgehead atoms. The molecular formula is C16H20ClNO5.